The third kappa shape index (κ3) is 5.77. The Hall–Kier alpha value is -2.96. The topological polar surface area (TPSA) is 90.3 Å². The zero-order chi connectivity index (χ0) is 20.0. The Morgan fingerprint density at radius 2 is 1.74 bits per heavy atom. The van der Waals surface area contributed by atoms with Gasteiger partial charge in [0.25, 0.3) is 5.91 Å². The number of anilines is 1. The first kappa shape index (κ1) is 20.4. The van der Waals surface area contributed by atoms with E-state index in [4.69, 9.17) is 4.74 Å². The van der Waals surface area contributed by atoms with E-state index in [2.05, 4.69) is 10.4 Å². The summed E-state index contributed by atoms with van der Waals surface area (Å²) in [5, 5.41) is 6.82. The Balaban J connectivity index is 1.82. The fraction of sp³-hybridized carbons (Fsp3) is 0.400. The molecule has 1 amide bonds. The monoisotopic (exact) mass is 371 g/mol. The summed E-state index contributed by atoms with van der Waals surface area (Å²) in [6, 6.07) is 8.92. The zero-order valence-electron chi connectivity index (χ0n) is 16.1. The number of hydrogen-bond donors (Lipinski definition) is 1. The molecule has 1 aromatic heterocycles. The molecule has 1 atom stereocenters. The molecule has 2 aromatic rings. The smallest absolute Gasteiger partial charge is 0.307 e. The van der Waals surface area contributed by atoms with E-state index in [1.165, 1.54) is 6.92 Å². The quantitative estimate of drug-likeness (QED) is 0.568. The number of ether oxygens (including phenoxy) is 1. The molecule has 0 spiro atoms. The molecule has 0 radical (unpaired) electrons. The molecule has 7 heteroatoms. The Bertz CT molecular complexity index is 809. The van der Waals surface area contributed by atoms with E-state index in [9.17, 15) is 14.4 Å². The van der Waals surface area contributed by atoms with Gasteiger partial charge < -0.3 is 10.1 Å². The molecule has 0 saturated heterocycles. The number of nitrogens with one attached hydrogen (secondary N) is 1. The first-order valence-electron chi connectivity index (χ1n) is 8.91. The molecule has 0 bridgehead atoms. The SMILES string of the molecule is Cc1ccc(C(=O)CCC(=O)OC(C)C(=O)Nc2ccnn2C(C)C)cc1. The number of benzene rings is 1. The number of aryl methyl sites for hydroxylation is 1. The summed E-state index contributed by atoms with van der Waals surface area (Å²) in [5.41, 5.74) is 1.62. The van der Waals surface area contributed by atoms with Crippen molar-refractivity contribution in [3.8, 4) is 0 Å². The van der Waals surface area contributed by atoms with Crippen molar-refractivity contribution in [3.63, 3.8) is 0 Å². The van der Waals surface area contributed by atoms with Gasteiger partial charge in [0.2, 0.25) is 0 Å². The second-order valence-corrected chi connectivity index (χ2v) is 6.67. The average molecular weight is 371 g/mol. The fourth-order valence-corrected chi connectivity index (χ4v) is 2.46. The van der Waals surface area contributed by atoms with Crippen molar-refractivity contribution in [1.29, 1.82) is 0 Å². The van der Waals surface area contributed by atoms with Crippen LogP contribution in [0.2, 0.25) is 0 Å². The van der Waals surface area contributed by atoms with Gasteiger partial charge in [-0.1, -0.05) is 29.8 Å². The third-order valence-electron chi connectivity index (χ3n) is 4.02. The lowest BCUT2D eigenvalue weighted by Gasteiger charge is -2.15. The number of nitrogens with zero attached hydrogens (tertiary/aromatic N) is 2. The molecule has 0 fully saturated rings. The molecule has 27 heavy (non-hydrogen) atoms. The molecular weight excluding hydrogens is 346 g/mol. The van der Waals surface area contributed by atoms with E-state index in [1.54, 1.807) is 29.1 Å². The maximum Gasteiger partial charge on any atom is 0.307 e. The summed E-state index contributed by atoms with van der Waals surface area (Å²) >= 11 is 0. The van der Waals surface area contributed by atoms with Crippen LogP contribution in [0.1, 0.15) is 55.6 Å². The number of hydrogen-bond acceptors (Lipinski definition) is 5. The van der Waals surface area contributed by atoms with Crippen LogP contribution < -0.4 is 5.32 Å². The minimum atomic E-state index is -0.970. The van der Waals surface area contributed by atoms with Crippen molar-refractivity contribution in [2.45, 2.75) is 52.7 Å². The average Bonchev–Trinajstić information content (AvgIpc) is 3.08. The molecule has 0 aliphatic carbocycles. The van der Waals surface area contributed by atoms with Gasteiger partial charge in [0.05, 0.1) is 12.6 Å². The highest BCUT2D eigenvalue weighted by Gasteiger charge is 2.20. The van der Waals surface area contributed by atoms with Gasteiger partial charge in [0.15, 0.2) is 11.9 Å². The van der Waals surface area contributed by atoms with E-state index in [0.29, 0.717) is 11.4 Å². The molecular formula is C20H25N3O4. The lowest BCUT2D eigenvalue weighted by atomic mass is 10.1. The van der Waals surface area contributed by atoms with E-state index in [-0.39, 0.29) is 24.7 Å². The summed E-state index contributed by atoms with van der Waals surface area (Å²) in [6.07, 6.45) is 0.579. The lowest BCUT2D eigenvalue weighted by Crippen LogP contribution is -2.31. The summed E-state index contributed by atoms with van der Waals surface area (Å²) in [7, 11) is 0. The van der Waals surface area contributed by atoms with Crippen molar-refractivity contribution >= 4 is 23.5 Å². The number of aromatic nitrogens is 2. The van der Waals surface area contributed by atoms with Crippen LogP contribution in [0.3, 0.4) is 0 Å². The van der Waals surface area contributed by atoms with Crippen molar-refractivity contribution in [2.75, 3.05) is 5.32 Å². The number of ketones is 1. The number of carbonyl (C=O) groups excluding carboxylic acids is 3. The second kappa shape index (κ2) is 9.12. The summed E-state index contributed by atoms with van der Waals surface area (Å²) in [4.78, 5) is 36.3. The van der Waals surface area contributed by atoms with Crippen molar-refractivity contribution in [1.82, 2.24) is 9.78 Å². The number of carbonyl (C=O) groups is 3. The Labute approximate surface area is 158 Å². The molecule has 1 unspecified atom stereocenters. The van der Waals surface area contributed by atoms with Gasteiger partial charge in [0.1, 0.15) is 5.82 Å². The first-order valence-corrected chi connectivity index (χ1v) is 8.91. The fourth-order valence-electron chi connectivity index (χ4n) is 2.46. The van der Waals surface area contributed by atoms with Crippen LogP contribution >= 0.6 is 0 Å². The molecule has 1 aromatic carbocycles. The minimum Gasteiger partial charge on any atom is -0.453 e. The van der Waals surface area contributed by atoms with E-state index >= 15 is 0 Å². The highest BCUT2D eigenvalue weighted by Crippen LogP contribution is 2.14. The van der Waals surface area contributed by atoms with Gasteiger partial charge >= 0.3 is 5.97 Å². The molecule has 144 valence electrons. The van der Waals surface area contributed by atoms with Crippen LogP contribution in [0.15, 0.2) is 36.5 Å². The number of amides is 1. The maximum atomic E-state index is 12.2. The third-order valence-corrected chi connectivity index (χ3v) is 4.02. The molecule has 1 heterocycles. The van der Waals surface area contributed by atoms with Crippen molar-refractivity contribution in [3.05, 3.63) is 47.7 Å². The Morgan fingerprint density at radius 1 is 1.07 bits per heavy atom. The highest BCUT2D eigenvalue weighted by molar-refractivity contribution is 5.98. The van der Waals surface area contributed by atoms with Crippen LogP contribution in [-0.2, 0) is 14.3 Å². The molecule has 0 aliphatic rings. The number of Topliss-reactive ketones (excluding diaryl/α,β-unsaturated/α-hetero) is 1. The maximum absolute atomic E-state index is 12.2. The van der Waals surface area contributed by atoms with Crippen LogP contribution in [0, 0.1) is 6.92 Å². The van der Waals surface area contributed by atoms with Gasteiger partial charge in [-0.2, -0.15) is 5.10 Å². The molecule has 0 aliphatic heterocycles. The summed E-state index contributed by atoms with van der Waals surface area (Å²) in [6.45, 7) is 7.31. The van der Waals surface area contributed by atoms with Gasteiger partial charge in [-0.25, -0.2) is 4.68 Å². The van der Waals surface area contributed by atoms with E-state index in [0.717, 1.165) is 5.56 Å². The van der Waals surface area contributed by atoms with Gasteiger partial charge in [-0.05, 0) is 27.7 Å². The molecule has 7 nitrogen and oxygen atoms in total. The van der Waals surface area contributed by atoms with Crippen LogP contribution in [0.25, 0.3) is 0 Å². The minimum absolute atomic E-state index is 0.0380. The largest absolute Gasteiger partial charge is 0.453 e. The lowest BCUT2D eigenvalue weighted by molar-refractivity contribution is -0.153. The van der Waals surface area contributed by atoms with Gasteiger partial charge in [0, 0.05) is 24.1 Å². The molecule has 1 N–H and O–H groups in total. The normalized spacial score (nSPS) is 11.9. The number of esters is 1. The predicted molar refractivity (Wildman–Crippen MR) is 102 cm³/mol. The van der Waals surface area contributed by atoms with E-state index in [1.807, 2.05) is 32.9 Å². The van der Waals surface area contributed by atoms with Crippen LogP contribution in [0.4, 0.5) is 5.82 Å². The van der Waals surface area contributed by atoms with Crippen LogP contribution in [-0.4, -0.2) is 33.5 Å². The Morgan fingerprint density at radius 3 is 2.37 bits per heavy atom. The van der Waals surface area contributed by atoms with Crippen molar-refractivity contribution < 1.29 is 19.1 Å². The zero-order valence-corrected chi connectivity index (χ0v) is 16.1. The second-order valence-electron chi connectivity index (χ2n) is 6.67. The Kier molecular flexibility index (Phi) is 6.87. The summed E-state index contributed by atoms with van der Waals surface area (Å²) < 4.78 is 6.79. The molecule has 0 saturated carbocycles. The predicted octanol–water partition coefficient (Wildman–Crippen LogP) is 3.31. The highest BCUT2D eigenvalue weighted by atomic mass is 16.5. The van der Waals surface area contributed by atoms with Crippen LogP contribution in [0.5, 0.6) is 0 Å². The molecule has 2 rings (SSSR count). The standard InChI is InChI=1S/C20H25N3O4/c1-13(2)23-18(11-12-21-23)22-20(26)15(4)27-19(25)10-9-17(24)16-7-5-14(3)6-8-16/h5-8,11-13,15H,9-10H2,1-4H3,(H,22,26). The van der Waals surface area contributed by atoms with Gasteiger partial charge in [-0.15, -0.1) is 0 Å². The first-order chi connectivity index (χ1) is 12.8. The number of rotatable bonds is 8. The van der Waals surface area contributed by atoms with Gasteiger partial charge in [-0.3, -0.25) is 14.4 Å². The van der Waals surface area contributed by atoms with E-state index < -0.39 is 18.0 Å². The van der Waals surface area contributed by atoms with Crippen molar-refractivity contribution in [2.24, 2.45) is 0 Å². The summed E-state index contributed by atoms with van der Waals surface area (Å²) in [5.74, 6) is -0.636.